The van der Waals surface area contributed by atoms with Crippen molar-refractivity contribution in [3.05, 3.63) is 0 Å². The summed E-state index contributed by atoms with van der Waals surface area (Å²) in [5.41, 5.74) is 0. The van der Waals surface area contributed by atoms with Gasteiger partial charge in [0.1, 0.15) is 0 Å². The maximum absolute atomic E-state index is 12.6. The van der Waals surface area contributed by atoms with Gasteiger partial charge in [0.25, 0.3) is 0 Å². The minimum absolute atomic E-state index is 0.0705. The molecule has 2 aliphatic heterocycles. The van der Waals surface area contributed by atoms with E-state index in [9.17, 15) is 4.79 Å². The summed E-state index contributed by atoms with van der Waals surface area (Å²) in [7, 11) is 1.93. The number of amides is 1. The first kappa shape index (κ1) is 13.4. The van der Waals surface area contributed by atoms with Crippen LogP contribution in [-0.4, -0.2) is 49.7 Å². The van der Waals surface area contributed by atoms with Gasteiger partial charge in [0.05, 0.1) is 12.1 Å². The Hall–Kier alpha value is -0.610. The monoisotopic (exact) mass is 266 g/mol. The van der Waals surface area contributed by atoms with Crippen LogP contribution in [0.2, 0.25) is 0 Å². The second-order valence-electron chi connectivity index (χ2n) is 6.45. The molecule has 0 aromatic rings. The molecule has 3 aliphatic rings. The topological polar surface area (TPSA) is 41.6 Å². The van der Waals surface area contributed by atoms with E-state index in [-0.39, 0.29) is 18.1 Å². The second kappa shape index (κ2) is 5.80. The normalized spacial score (nSPS) is 38.2. The lowest BCUT2D eigenvalue weighted by atomic mass is 9.93. The van der Waals surface area contributed by atoms with Crippen molar-refractivity contribution in [1.82, 2.24) is 10.2 Å². The average molecular weight is 266 g/mol. The molecular formula is C15H26N2O2. The molecule has 19 heavy (non-hydrogen) atoms. The number of carbonyl (C=O) groups excluding carboxylic acids is 1. The smallest absolute Gasteiger partial charge is 0.239 e. The standard InChI is InChI=1S/C15H26N2O2/c1-17(10-12-6-2-3-8-19-12)15(18)14-13-7-4-5-11(13)9-16-14/h11-14,16H,2-10H2,1H3. The molecule has 4 nitrogen and oxygen atoms in total. The van der Waals surface area contributed by atoms with Crippen molar-refractivity contribution >= 4 is 5.91 Å². The lowest BCUT2D eigenvalue weighted by Gasteiger charge is -2.30. The third kappa shape index (κ3) is 2.79. The van der Waals surface area contributed by atoms with Crippen LogP contribution in [0.1, 0.15) is 38.5 Å². The molecule has 4 atom stereocenters. The number of fused-ring (bicyclic) bond motifs is 1. The zero-order valence-electron chi connectivity index (χ0n) is 11.9. The fourth-order valence-corrected chi connectivity index (χ4v) is 4.04. The Bertz CT molecular complexity index is 328. The van der Waals surface area contributed by atoms with Crippen LogP contribution < -0.4 is 5.32 Å². The van der Waals surface area contributed by atoms with Crippen molar-refractivity contribution in [3.8, 4) is 0 Å². The molecule has 2 saturated heterocycles. The van der Waals surface area contributed by atoms with Gasteiger partial charge in [0.15, 0.2) is 0 Å². The van der Waals surface area contributed by atoms with Crippen molar-refractivity contribution in [2.75, 3.05) is 26.7 Å². The van der Waals surface area contributed by atoms with Gasteiger partial charge in [-0.1, -0.05) is 6.42 Å². The Labute approximate surface area is 115 Å². The summed E-state index contributed by atoms with van der Waals surface area (Å²) < 4.78 is 5.73. The highest BCUT2D eigenvalue weighted by Crippen LogP contribution is 2.38. The maximum atomic E-state index is 12.6. The highest BCUT2D eigenvalue weighted by atomic mass is 16.5. The predicted molar refractivity (Wildman–Crippen MR) is 73.8 cm³/mol. The van der Waals surface area contributed by atoms with Gasteiger partial charge in [0.2, 0.25) is 5.91 Å². The summed E-state index contributed by atoms with van der Waals surface area (Å²) in [6, 6.07) is 0.0705. The third-order valence-electron chi connectivity index (χ3n) is 5.14. The van der Waals surface area contributed by atoms with E-state index in [2.05, 4.69) is 5.32 Å². The van der Waals surface area contributed by atoms with E-state index in [1.807, 2.05) is 11.9 Å². The average Bonchev–Trinajstić information content (AvgIpc) is 3.01. The molecule has 0 spiro atoms. The fourth-order valence-electron chi connectivity index (χ4n) is 4.04. The Kier molecular flexibility index (Phi) is 4.08. The SMILES string of the molecule is CN(CC1CCCCO1)C(=O)C1NCC2CCCC21. The van der Waals surface area contributed by atoms with Crippen LogP contribution in [0.15, 0.2) is 0 Å². The van der Waals surface area contributed by atoms with Gasteiger partial charge < -0.3 is 15.0 Å². The van der Waals surface area contributed by atoms with Gasteiger partial charge in [-0.25, -0.2) is 0 Å². The molecule has 1 N–H and O–H groups in total. The van der Waals surface area contributed by atoms with Gasteiger partial charge in [0, 0.05) is 20.2 Å². The van der Waals surface area contributed by atoms with E-state index < -0.39 is 0 Å². The number of rotatable bonds is 3. The third-order valence-corrected chi connectivity index (χ3v) is 5.14. The molecule has 2 heterocycles. The number of ether oxygens (including phenoxy) is 1. The molecule has 1 saturated carbocycles. The van der Waals surface area contributed by atoms with Gasteiger partial charge >= 0.3 is 0 Å². The highest BCUT2D eigenvalue weighted by Gasteiger charge is 2.43. The minimum Gasteiger partial charge on any atom is -0.376 e. The van der Waals surface area contributed by atoms with E-state index in [4.69, 9.17) is 4.74 Å². The number of likely N-dealkylation sites (N-methyl/N-ethyl adjacent to an activating group) is 1. The lowest BCUT2D eigenvalue weighted by molar-refractivity contribution is -0.135. The van der Waals surface area contributed by atoms with Gasteiger partial charge in [-0.3, -0.25) is 4.79 Å². The zero-order chi connectivity index (χ0) is 13.2. The van der Waals surface area contributed by atoms with Crippen molar-refractivity contribution in [2.24, 2.45) is 11.8 Å². The van der Waals surface area contributed by atoms with E-state index in [1.54, 1.807) is 0 Å². The first-order valence-electron chi connectivity index (χ1n) is 7.85. The van der Waals surface area contributed by atoms with Gasteiger partial charge in [-0.15, -0.1) is 0 Å². The van der Waals surface area contributed by atoms with Crippen molar-refractivity contribution in [1.29, 1.82) is 0 Å². The Morgan fingerprint density at radius 3 is 2.95 bits per heavy atom. The lowest BCUT2D eigenvalue weighted by Crippen LogP contribution is -2.47. The molecule has 0 radical (unpaired) electrons. The first-order valence-corrected chi connectivity index (χ1v) is 7.85. The Morgan fingerprint density at radius 2 is 2.16 bits per heavy atom. The molecule has 4 heteroatoms. The Morgan fingerprint density at radius 1 is 1.26 bits per heavy atom. The highest BCUT2D eigenvalue weighted by molar-refractivity contribution is 5.82. The largest absolute Gasteiger partial charge is 0.376 e. The fraction of sp³-hybridized carbons (Fsp3) is 0.933. The van der Waals surface area contributed by atoms with Crippen molar-refractivity contribution in [2.45, 2.75) is 50.7 Å². The summed E-state index contributed by atoms with van der Waals surface area (Å²) in [4.78, 5) is 14.5. The summed E-state index contributed by atoms with van der Waals surface area (Å²) in [6.45, 7) is 2.66. The summed E-state index contributed by atoms with van der Waals surface area (Å²) >= 11 is 0. The number of nitrogens with zero attached hydrogens (tertiary/aromatic N) is 1. The van der Waals surface area contributed by atoms with Gasteiger partial charge in [-0.2, -0.15) is 0 Å². The van der Waals surface area contributed by atoms with E-state index in [0.717, 1.165) is 32.0 Å². The molecule has 3 rings (SSSR count). The van der Waals surface area contributed by atoms with Crippen molar-refractivity contribution in [3.63, 3.8) is 0 Å². The number of hydrogen-bond donors (Lipinski definition) is 1. The van der Waals surface area contributed by atoms with Crippen molar-refractivity contribution < 1.29 is 9.53 Å². The van der Waals surface area contributed by atoms with E-state index >= 15 is 0 Å². The summed E-state index contributed by atoms with van der Waals surface area (Å²) in [5, 5.41) is 3.44. The predicted octanol–water partition coefficient (Wildman–Crippen LogP) is 1.40. The second-order valence-corrected chi connectivity index (χ2v) is 6.45. The van der Waals surface area contributed by atoms with Crippen LogP contribution in [0.25, 0.3) is 0 Å². The van der Waals surface area contributed by atoms with E-state index in [0.29, 0.717) is 5.92 Å². The van der Waals surface area contributed by atoms with E-state index in [1.165, 1.54) is 32.1 Å². The molecule has 4 unspecified atom stereocenters. The van der Waals surface area contributed by atoms with Gasteiger partial charge in [-0.05, 0) is 50.5 Å². The van der Waals surface area contributed by atoms with Crippen LogP contribution in [0.5, 0.6) is 0 Å². The van der Waals surface area contributed by atoms with Crippen LogP contribution in [0, 0.1) is 11.8 Å². The maximum Gasteiger partial charge on any atom is 0.239 e. The number of nitrogens with one attached hydrogen (secondary N) is 1. The van der Waals surface area contributed by atoms with Crippen LogP contribution in [0.3, 0.4) is 0 Å². The number of carbonyl (C=O) groups is 1. The quantitative estimate of drug-likeness (QED) is 0.839. The molecule has 0 aromatic carbocycles. The molecule has 0 bridgehead atoms. The molecule has 0 aromatic heterocycles. The van der Waals surface area contributed by atoms with Crippen LogP contribution in [-0.2, 0) is 9.53 Å². The summed E-state index contributed by atoms with van der Waals surface area (Å²) in [5.74, 6) is 1.61. The molecule has 1 amide bonds. The molecule has 3 fully saturated rings. The number of hydrogen-bond acceptors (Lipinski definition) is 3. The minimum atomic E-state index is 0.0705. The Balaban J connectivity index is 1.54. The molecule has 1 aliphatic carbocycles. The van der Waals surface area contributed by atoms with Crippen LogP contribution >= 0.6 is 0 Å². The first-order chi connectivity index (χ1) is 9.25. The zero-order valence-corrected chi connectivity index (χ0v) is 11.9. The summed E-state index contributed by atoms with van der Waals surface area (Å²) in [6.07, 6.45) is 7.58. The molecule has 108 valence electrons. The molecular weight excluding hydrogens is 240 g/mol. The van der Waals surface area contributed by atoms with Crippen LogP contribution in [0.4, 0.5) is 0 Å².